The molecule has 22 heavy (non-hydrogen) atoms. The van der Waals surface area contributed by atoms with E-state index in [-0.39, 0.29) is 5.91 Å². The molecule has 1 amide bonds. The zero-order valence-electron chi connectivity index (χ0n) is 12.1. The summed E-state index contributed by atoms with van der Waals surface area (Å²) >= 11 is 1.40. The van der Waals surface area contributed by atoms with Crippen molar-refractivity contribution >= 4 is 22.4 Å². The topological polar surface area (TPSA) is 54.9 Å². The summed E-state index contributed by atoms with van der Waals surface area (Å²) in [4.78, 5) is 20.7. The predicted molar refractivity (Wildman–Crippen MR) is 88.9 cm³/mol. The van der Waals surface area contributed by atoms with E-state index in [1.807, 2.05) is 54.8 Å². The summed E-state index contributed by atoms with van der Waals surface area (Å²) in [6.45, 7) is 2.03. The second-order valence-electron chi connectivity index (χ2n) is 4.96. The van der Waals surface area contributed by atoms with Crippen LogP contribution in [0.15, 0.2) is 54.0 Å². The van der Waals surface area contributed by atoms with E-state index in [4.69, 9.17) is 0 Å². The van der Waals surface area contributed by atoms with Gasteiger partial charge in [-0.25, -0.2) is 4.98 Å². The van der Waals surface area contributed by atoms with Crippen LogP contribution in [0.2, 0.25) is 0 Å². The van der Waals surface area contributed by atoms with Gasteiger partial charge in [-0.05, 0) is 24.6 Å². The van der Waals surface area contributed by atoms with E-state index in [0.29, 0.717) is 11.6 Å². The molecular formula is C17H15N3OS. The van der Waals surface area contributed by atoms with Crippen molar-refractivity contribution in [3.63, 3.8) is 0 Å². The number of aryl methyl sites for hydroxylation is 1. The molecule has 0 aliphatic carbocycles. The van der Waals surface area contributed by atoms with Crippen LogP contribution >= 0.6 is 11.3 Å². The van der Waals surface area contributed by atoms with Gasteiger partial charge in [0, 0.05) is 11.6 Å². The minimum atomic E-state index is -0.0641. The Morgan fingerprint density at radius 3 is 2.68 bits per heavy atom. The lowest BCUT2D eigenvalue weighted by atomic mass is 10.1. The van der Waals surface area contributed by atoms with Crippen molar-refractivity contribution in [2.24, 2.45) is 0 Å². The summed E-state index contributed by atoms with van der Waals surface area (Å²) in [6.07, 6.45) is 2.07. The molecule has 0 unspecified atom stereocenters. The zero-order chi connectivity index (χ0) is 15.4. The minimum absolute atomic E-state index is 0.0641. The average molecular weight is 309 g/mol. The number of nitrogens with zero attached hydrogens (tertiary/aromatic N) is 2. The molecule has 0 bridgehead atoms. The molecule has 0 atom stereocenters. The number of hydrogen-bond acceptors (Lipinski definition) is 4. The van der Waals surface area contributed by atoms with Crippen molar-refractivity contribution in [3.05, 3.63) is 65.2 Å². The molecule has 0 fully saturated rings. The Kier molecular flexibility index (Phi) is 4.25. The highest BCUT2D eigenvalue weighted by Crippen LogP contribution is 2.23. The Bertz CT molecular complexity index is 766. The average Bonchev–Trinajstić information content (AvgIpc) is 2.99. The fourth-order valence-electron chi connectivity index (χ4n) is 2.02. The quantitative estimate of drug-likeness (QED) is 0.799. The zero-order valence-corrected chi connectivity index (χ0v) is 12.9. The first-order valence-electron chi connectivity index (χ1n) is 6.93. The molecule has 4 nitrogen and oxygen atoms in total. The van der Waals surface area contributed by atoms with Crippen molar-refractivity contribution in [1.29, 1.82) is 0 Å². The van der Waals surface area contributed by atoms with Gasteiger partial charge in [-0.15, -0.1) is 11.3 Å². The lowest BCUT2D eigenvalue weighted by molar-refractivity contribution is -0.115. The second-order valence-corrected chi connectivity index (χ2v) is 5.82. The third kappa shape index (κ3) is 3.56. The van der Waals surface area contributed by atoms with E-state index < -0.39 is 0 Å². The maximum Gasteiger partial charge on any atom is 0.230 e. The SMILES string of the molecule is Cc1ccc(CC(=O)Nc2nc(-c3ccccn3)cs2)cc1. The summed E-state index contributed by atoms with van der Waals surface area (Å²) in [5.74, 6) is -0.0641. The molecule has 1 aromatic carbocycles. The fraction of sp³-hybridized carbons (Fsp3) is 0.118. The molecular weight excluding hydrogens is 294 g/mol. The normalized spacial score (nSPS) is 10.4. The number of carbonyl (C=O) groups excluding carboxylic acids is 1. The first-order valence-corrected chi connectivity index (χ1v) is 7.81. The Labute approximate surface area is 132 Å². The third-order valence-corrected chi connectivity index (χ3v) is 3.92. The van der Waals surface area contributed by atoms with Gasteiger partial charge in [0.05, 0.1) is 12.1 Å². The van der Waals surface area contributed by atoms with Gasteiger partial charge in [0.1, 0.15) is 5.69 Å². The molecule has 0 spiro atoms. The molecule has 0 saturated carbocycles. The van der Waals surface area contributed by atoms with Crippen LogP contribution in [-0.4, -0.2) is 15.9 Å². The molecule has 0 aliphatic heterocycles. The van der Waals surface area contributed by atoms with Crippen molar-refractivity contribution in [2.45, 2.75) is 13.3 Å². The van der Waals surface area contributed by atoms with Gasteiger partial charge in [-0.3, -0.25) is 9.78 Å². The number of aromatic nitrogens is 2. The van der Waals surface area contributed by atoms with Crippen molar-refractivity contribution < 1.29 is 4.79 Å². The van der Waals surface area contributed by atoms with Gasteiger partial charge in [-0.2, -0.15) is 0 Å². The van der Waals surface area contributed by atoms with Gasteiger partial charge in [0.2, 0.25) is 5.91 Å². The molecule has 1 N–H and O–H groups in total. The van der Waals surface area contributed by atoms with Gasteiger partial charge >= 0.3 is 0 Å². The Balaban J connectivity index is 1.65. The van der Waals surface area contributed by atoms with Crippen molar-refractivity contribution in [1.82, 2.24) is 9.97 Å². The van der Waals surface area contributed by atoms with Gasteiger partial charge in [-0.1, -0.05) is 35.9 Å². The van der Waals surface area contributed by atoms with Crippen LogP contribution in [0.3, 0.4) is 0 Å². The Morgan fingerprint density at radius 2 is 1.95 bits per heavy atom. The summed E-state index contributed by atoms with van der Waals surface area (Å²) in [6, 6.07) is 13.6. The van der Waals surface area contributed by atoms with Crippen LogP contribution in [-0.2, 0) is 11.2 Å². The monoisotopic (exact) mass is 309 g/mol. The molecule has 0 radical (unpaired) electrons. The number of anilines is 1. The molecule has 3 aromatic rings. The number of nitrogens with one attached hydrogen (secondary N) is 1. The standard InChI is InChI=1S/C17H15N3OS/c1-12-5-7-13(8-6-12)10-16(21)20-17-19-15(11-22-17)14-4-2-3-9-18-14/h2-9,11H,10H2,1H3,(H,19,20,21). The van der Waals surface area contributed by atoms with E-state index in [1.165, 1.54) is 16.9 Å². The molecule has 2 aromatic heterocycles. The lowest BCUT2D eigenvalue weighted by Gasteiger charge is -2.02. The second kappa shape index (κ2) is 6.49. The molecule has 0 aliphatic rings. The molecule has 0 saturated heterocycles. The first-order chi connectivity index (χ1) is 10.7. The number of hydrogen-bond donors (Lipinski definition) is 1. The lowest BCUT2D eigenvalue weighted by Crippen LogP contribution is -2.14. The number of carbonyl (C=O) groups is 1. The van der Waals surface area contributed by atoms with E-state index in [1.54, 1.807) is 6.20 Å². The van der Waals surface area contributed by atoms with Crippen LogP contribution in [0.1, 0.15) is 11.1 Å². The predicted octanol–water partition coefficient (Wildman–Crippen LogP) is 3.69. The van der Waals surface area contributed by atoms with E-state index in [2.05, 4.69) is 15.3 Å². The fourth-order valence-corrected chi connectivity index (χ4v) is 2.74. The van der Waals surface area contributed by atoms with E-state index in [0.717, 1.165) is 17.0 Å². The van der Waals surface area contributed by atoms with Gasteiger partial charge < -0.3 is 5.32 Å². The van der Waals surface area contributed by atoms with Crippen LogP contribution in [0.25, 0.3) is 11.4 Å². The number of thiazole rings is 1. The highest BCUT2D eigenvalue weighted by Gasteiger charge is 2.09. The first kappa shape index (κ1) is 14.4. The Morgan fingerprint density at radius 1 is 1.14 bits per heavy atom. The highest BCUT2D eigenvalue weighted by atomic mass is 32.1. The summed E-state index contributed by atoms with van der Waals surface area (Å²) in [5.41, 5.74) is 3.75. The molecule has 3 rings (SSSR count). The molecule has 5 heteroatoms. The number of rotatable bonds is 4. The van der Waals surface area contributed by atoms with Gasteiger partial charge in [0.25, 0.3) is 0 Å². The number of benzene rings is 1. The molecule has 2 heterocycles. The van der Waals surface area contributed by atoms with Crippen LogP contribution in [0, 0.1) is 6.92 Å². The smallest absolute Gasteiger partial charge is 0.230 e. The third-order valence-electron chi connectivity index (χ3n) is 3.16. The number of amides is 1. The summed E-state index contributed by atoms with van der Waals surface area (Å²) in [5, 5.41) is 5.32. The Hall–Kier alpha value is -2.53. The van der Waals surface area contributed by atoms with Gasteiger partial charge in [0.15, 0.2) is 5.13 Å². The number of pyridine rings is 1. The summed E-state index contributed by atoms with van der Waals surface area (Å²) < 4.78 is 0. The minimum Gasteiger partial charge on any atom is -0.302 e. The summed E-state index contributed by atoms with van der Waals surface area (Å²) in [7, 11) is 0. The maximum absolute atomic E-state index is 12.1. The maximum atomic E-state index is 12.1. The largest absolute Gasteiger partial charge is 0.302 e. The van der Waals surface area contributed by atoms with Crippen LogP contribution in [0.5, 0.6) is 0 Å². The van der Waals surface area contributed by atoms with Crippen LogP contribution in [0.4, 0.5) is 5.13 Å². The van der Waals surface area contributed by atoms with Crippen molar-refractivity contribution in [3.8, 4) is 11.4 Å². The van der Waals surface area contributed by atoms with Crippen molar-refractivity contribution in [2.75, 3.05) is 5.32 Å². The van der Waals surface area contributed by atoms with E-state index >= 15 is 0 Å². The van der Waals surface area contributed by atoms with Crippen LogP contribution < -0.4 is 5.32 Å². The molecule has 110 valence electrons. The van der Waals surface area contributed by atoms with E-state index in [9.17, 15) is 4.79 Å². The highest BCUT2D eigenvalue weighted by molar-refractivity contribution is 7.14.